The fraction of sp³-hybridized carbons (Fsp3) is 0.258. The van der Waals surface area contributed by atoms with Crippen molar-refractivity contribution in [2.24, 2.45) is 7.05 Å². The van der Waals surface area contributed by atoms with E-state index in [1.165, 1.54) is 10.7 Å². The van der Waals surface area contributed by atoms with Crippen LogP contribution < -0.4 is 5.32 Å². The third kappa shape index (κ3) is 4.85. The van der Waals surface area contributed by atoms with E-state index in [1.54, 1.807) is 53.1 Å². The molecule has 13 heteroatoms. The second-order valence-corrected chi connectivity index (χ2v) is 10.9. The van der Waals surface area contributed by atoms with Gasteiger partial charge in [-0.1, -0.05) is 12.1 Å². The molecule has 0 bridgehead atoms. The molecular formula is C31H29FN10O2. The number of nitrogens with one attached hydrogen (secondary N) is 1. The zero-order chi connectivity index (χ0) is 30.4. The van der Waals surface area contributed by atoms with Crippen LogP contribution >= 0.6 is 0 Å². The molecule has 2 aromatic carbocycles. The molecule has 44 heavy (non-hydrogen) atoms. The van der Waals surface area contributed by atoms with Gasteiger partial charge in [-0.2, -0.15) is 25.1 Å². The summed E-state index contributed by atoms with van der Waals surface area (Å²) < 4.78 is 20.6. The molecule has 1 saturated heterocycles. The Morgan fingerprint density at radius 1 is 1.00 bits per heavy atom. The van der Waals surface area contributed by atoms with Crippen LogP contribution in [0.5, 0.6) is 0 Å². The van der Waals surface area contributed by atoms with Crippen molar-refractivity contribution in [1.82, 2.24) is 44.4 Å². The third-order valence-corrected chi connectivity index (χ3v) is 8.24. The number of hydrogen-bond acceptors (Lipinski definition) is 7. The molecule has 1 aliphatic rings. The maximum Gasteiger partial charge on any atom is 0.247 e. The molecule has 0 atom stereocenters. The Hall–Kier alpha value is -5.46. The molecule has 0 aliphatic carbocycles. The molecule has 1 N–H and O–H groups in total. The van der Waals surface area contributed by atoms with E-state index < -0.39 is 0 Å². The summed E-state index contributed by atoms with van der Waals surface area (Å²) in [5, 5.41) is 25.9. The number of piperidine rings is 1. The number of likely N-dealkylation sites (tertiary alicyclic amines) is 1. The van der Waals surface area contributed by atoms with E-state index in [-0.39, 0.29) is 30.1 Å². The molecule has 2 amide bonds. The molecule has 0 unspecified atom stereocenters. The second-order valence-electron chi connectivity index (χ2n) is 10.9. The lowest BCUT2D eigenvalue weighted by Gasteiger charge is -2.30. The Morgan fingerprint density at radius 2 is 1.84 bits per heavy atom. The third-order valence-electron chi connectivity index (χ3n) is 8.24. The van der Waals surface area contributed by atoms with Crippen LogP contribution in [0.3, 0.4) is 0 Å². The van der Waals surface area contributed by atoms with E-state index in [4.69, 9.17) is 5.10 Å². The number of carbonyl (C=O) groups excluding carboxylic acids is 2. The van der Waals surface area contributed by atoms with Gasteiger partial charge in [-0.15, -0.1) is 5.10 Å². The van der Waals surface area contributed by atoms with Gasteiger partial charge < -0.3 is 10.2 Å². The van der Waals surface area contributed by atoms with Crippen molar-refractivity contribution in [1.29, 1.82) is 0 Å². The van der Waals surface area contributed by atoms with E-state index in [0.29, 0.717) is 59.6 Å². The van der Waals surface area contributed by atoms with Crippen LogP contribution in [-0.4, -0.2) is 69.3 Å². The topological polar surface area (TPSA) is 129 Å². The second kappa shape index (κ2) is 11.0. The van der Waals surface area contributed by atoms with Gasteiger partial charge in [-0.05, 0) is 48.7 Å². The Bertz CT molecular complexity index is 2020. The summed E-state index contributed by atoms with van der Waals surface area (Å²) in [6, 6.07) is 14.1. The number of aromatic nitrogens is 8. The van der Waals surface area contributed by atoms with Crippen LogP contribution in [0, 0.1) is 5.82 Å². The highest BCUT2D eigenvalue weighted by atomic mass is 19.1. The predicted octanol–water partition coefficient (Wildman–Crippen LogP) is 4.07. The number of carbonyl (C=O) groups is 2. The first kappa shape index (κ1) is 27.4. The lowest BCUT2D eigenvalue weighted by molar-refractivity contribution is -0.129. The zero-order valence-corrected chi connectivity index (χ0v) is 24.2. The van der Waals surface area contributed by atoms with Gasteiger partial charge in [0.15, 0.2) is 5.82 Å². The molecule has 5 heterocycles. The van der Waals surface area contributed by atoms with Crippen molar-refractivity contribution in [3.8, 4) is 16.9 Å². The van der Waals surface area contributed by atoms with E-state index >= 15 is 4.39 Å². The fourth-order valence-electron chi connectivity index (χ4n) is 6.04. The van der Waals surface area contributed by atoms with Crippen molar-refractivity contribution >= 4 is 39.4 Å². The summed E-state index contributed by atoms with van der Waals surface area (Å²) in [6.07, 6.45) is 6.20. The lowest BCUT2D eigenvalue weighted by Crippen LogP contribution is -2.36. The number of anilines is 1. The Kier molecular flexibility index (Phi) is 6.84. The summed E-state index contributed by atoms with van der Waals surface area (Å²) >= 11 is 0. The first-order valence-corrected chi connectivity index (χ1v) is 14.4. The van der Waals surface area contributed by atoms with Crippen LogP contribution in [0.15, 0.2) is 67.1 Å². The Morgan fingerprint density at radius 3 is 2.61 bits per heavy atom. The Balaban J connectivity index is 1.29. The van der Waals surface area contributed by atoms with Gasteiger partial charge in [0.05, 0.1) is 29.1 Å². The maximum atomic E-state index is 15.7. The first-order chi connectivity index (χ1) is 21.4. The molecule has 12 nitrogen and oxygen atoms in total. The predicted molar refractivity (Wildman–Crippen MR) is 161 cm³/mol. The number of amides is 2. The zero-order valence-electron chi connectivity index (χ0n) is 24.2. The highest BCUT2D eigenvalue weighted by molar-refractivity contribution is 6.00. The molecule has 222 valence electrons. The van der Waals surface area contributed by atoms with Crippen molar-refractivity contribution in [2.75, 3.05) is 18.4 Å². The van der Waals surface area contributed by atoms with Crippen molar-refractivity contribution < 1.29 is 14.0 Å². The number of benzene rings is 2. The number of nitrogens with zero attached hydrogens (tertiary/aromatic N) is 9. The number of halogens is 1. The summed E-state index contributed by atoms with van der Waals surface area (Å²) in [6.45, 7) is 2.72. The summed E-state index contributed by atoms with van der Waals surface area (Å²) in [4.78, 5) is 27.3. The summed E-state index contributed by atoms with van der Waals surface area (Å²) in [5.41, 5.74) is 3.45. The monoisotopic (exact) mass is 592 g/mol. The highest BCUT2D eigenvalue weighted by Gasteiger charge is 2.28. The minimum Gasteiger partial charge on any atom is -0.343 e. The SMILES string of the molecule is CC(=O)N1CCC(c2nn(CC(=O)Nc3ccnn3-c3cccnn3)c3cccc(-c4cc5c(cnn5C)cc4F)c23)CC1. The Labute approximate surface area is 251 Å². The normalized spacial score (nSPS) is 14.0. The van der Waals surface area contributed by atoms with Crippen molar-refractivity contribution in [2.45, 2.75) is 32.2 Å². The lowest BCUT2D eigenvalue weighted by atomic mass is 9.89. The van der Waals surface area contributed by atoms with Gasteiger partial charge in [0.2, 0.25) is 11.8 Å². The highest BCUT2D eigenvalue weighted by Crippen LogP contribution is 2.39. The largest absolute Gasteiger partial charge is 0.343 e. The van der Waals surface area contributed by atoms with Crippen LogP contribution in [-0.2, 0) is 23.2 Å². The van der Waals surface area contributed by atoms with Gasteiger partial charge in [-0.3, -0.25) is 19.0 Å². The molecule has 0 spiro atoms. The standard InChI is InChI=1S/C31H29FN10O2/c1-19(43)40-13-9-20(10-14-40)31-30-22(23-16-26-21(15-24(23)32)17-35-39(26)2)5-3-6-25(30)41(38-31)18-29(44)36-27-8-12-34-42(27)28-7-4-11-33-37-28/h3-8,11-12,15-17,20H,9-10,13-14,18H2,1-2H3,(H,36,44). The maximum absolute atomic E-state index is 15.7. The van der Waals surface area contributed by atoms with Gasteiger partial charge in [0.25, 0.3) is 0 Å². The van der Waals surface area contributed by atoms with Crippen LogP contribution in [0.2, 0.25) is 0 Å². The number of aryl methyl sites for hydroxylation is 1. The van der Waals surface area contributed by atoms with Crippen LogP contribution in [0.4, 0.5) is 10.2 Å². The van der Waals surface area contributed by atoms with E-state index in [2.05, 4.69) is 25.7 Å². The van der Waals surface area contributed by atoms with Gasteiger partial charge in [0, 0.05) is 61.6 Å². The van der Waals surface area contributed by atoms with Gasteiger partial charge in [0.1, 0.15) is 18.2 Å². The van der Waals surface area contributed by atoms with E-state index in [0.717, 1.165) is 16.6 Å². The number of rotatable bonds is 6. The summed E-state index contributed by atoms with van der Waals surface area (Å²) in [5.74, 6) is 0.303. The van der Waals surface area contributed by atoms with E-state index in [1.807, 2.05) is 36.2 Å². The van der Waals surface area contributed by atoms with Crippen LogP contribution in [0.1, 0.15) is 31.4 Å². The molecule has 1 aliphatic heterocycles. The van der Waals surface area contributed by atoms with Gasteiger partial charge >= 0.3 is 0 Å². The quantitative estimate of drug-likeness (QED) is 0.309. The van der Waals surface area contributed by atoms with Crippen LogP contribution in [0.25, 0.3) is 38.8 Å². The number of fused-ring (bicyclic) bond motifs is 2. The van der Waals surface area contributed by atoms with Crippen molar-refractivity contribution in [3.63, 3.8) is 0 Å². The summed E-state index contributed by atoms with van der Waals surface area (Å²) in [7, 11) is 1.83. The molecular weight excluding hydrogens is 563 g/mol. The average Bonchev–Trinajstić information content (AvgIpc) is 3.74. The molecule has 0 radical (unpaired) electrons. The molecule has 1 fully saturated rings. The fourth-order valence-corrected chi connectivity index (χ4v) is 6.04. The smallest absolute Gasteiger partial charge is 0.247 e. The van der Waals surface area contributed by atoms with Crippen molar-refractivity contribution in [3.05, 3.63) is 78.6 Å². The minimum absolute atomic E-state index is 0.0279. The molecule has 6 aromatic rings. The average molecular weight is 593 g/mol. The number of hydrogen-bond donors (Lipinski definition) is 1. The first-order valence-electron chi connectivity index (χ1n) is 14.4. The minimum atomic E-state index is -0.363. The van der Waals surface area contributed by atoms with Gasteiger partial charge in [-0.25, -0.2) is 4.39 Å². The van der Waals surface area contributed by atoms with E-state index in [9.17, 15) is 9.59 Å². The molecule has 7 rings (SSSR count). The molecule has 0 saturated carbocycles. The molecule has 4 aromatic heterocycles.